The van der Waals surface area contributed by atoms with Crippen molar-refractivity contribution in [1.29, 1.82) is 0 Å². The van der Waals surface area contributed by atoms with Gasteiger partial charge in [0.15, 0.2) is 15.6 Å². The van der Waals surface area contributed by atoms with Crippen molar-refractivity contribution in [3.8, 4) is 0 Å². The first-order chi connectivity index (χ1) is 6.98. The van der Waals surface area contributed by atoms with Gasteiger partial charge in [0.25, 0.3) is 0 Å². The number of nitrogens with zero attached hydrogens (tertiary/aromatic N) is 1. The molecule has 0 aliphatic carbocycles. The third kappa shape index (κ3) is 2.19. The molecule has 84 valence electrons. The fourth-order valence-electron chi connectivity index (χ4n) is 2.07. The van der Waals surface area contributed by atoms with E-state index in [2.05, 4.69) is 0 Å². The molecule has 0 aromatic heterocycles. The number of ketones is 1. The van der Waals surface area contributed by atoms with Crippen LogP contribution in [0.25, 0.3) is 0 Å². The van der Waals surface area contributed by atoms with Crippen molar-refractivity contribution in [3.05, 3.63) is 0 Å². The third-order valence-corrected chi connectivity index (χ3v) is 4.69. The summed E-state index contributed by atoms with van der Waals surface area (Å²) >= 11 is 0. The summed E-state index contributed by atoms with van der Waals surface area (Å²) in [4.78, 5) is 24.3. The van der Waals surface area contributed by atoms with Gasteiger partial charge >= 0.3 is 0 Å². The largest absolute Gasteiger partial charge is 0.335 e. The Kier molecular flexibility index (Phi) is 2.54. The van der Waals surface area contributed by atoms with E-state index in [-0.39, 0.29) is 29.7 Å². The highest BCUT2D eigenvalue weighted by Crippen LogP contribution is 2.22. The van der Waals surface area contributed by atoms with Crippen molar-refractivity contribution >= 4 is 21.5 Å². The van der Waals surface area contributed by atoms with E-state index < -0.39 is 15.8 Å². The molecule has 0 aromatic rings. The minimum atomic E-state index is -3.02. The van der Waals surface area contributed by atoms with Gasteiger partial charge in [-0.3, -0.25) is 9.59 Å². The van der Waals surface area contributed by atoms with E-state index in [9.17, 15) is 18.0 Å². The molecule has 2 aliphatic rings. The van der Waals surface area contributed by atoms with Gasteiger partial charge in [0.1, 0.15) is 0 Å². The lowest BCUT2D eigenvalue weighted by molar-refractivity contribution is -0.134. The average Bonchev–Trinajstić information content (AvgIpc) is 2.71. The van der Waals surface area contributed by atoms with Crippen LogP contribution in [0.4, 0.5) is 0 Å². The number of carbonyl (C=O) groups is 2. The highest BCUT2D eigenvalue weighted by Gasteiger charge is 2.37. The minimum absolute atomic E-state index is 0.0451. The standard InChI is InChI=1S/C9H13NO4S/c11-8-1-3-10(5-8)9(12)7-2-4-15(13,14)6-7/h7H,1-6H2. The molecule has 0 spiro atoms. The summed E-state index contributed by atoms with van der Waals surface area (Å²) in [5.74, 6) is -0.464. The topological polar surface area (TPSA) is 71.5 Å². The van der Waals surface area contributed by atoms with Gasteiger partial charge in [0, 0.05) is 13.0 Å². The Morgan fingerprint density at radius 1 is 1.40 bits per heavy atom. The van der Waals surface area contributed by atoms with Gasteiger partial charge in [-0.05, 0) is 6.42 Å². The first kappa shape index (κ1) is 10.6. The number of rotatable bonds is 1. The van der Waals surface area contributed by atoms with Crippen LogP contribution in [0.2, 0.25) is 0 Å². The van der Waals surface area contributed by atoms with Crippen molar-refractivity contribution in [2.24, 2.45) is 5.92 Å². The van der Waals surface area contributed by atoms with Gasteiger partial charge in [-0.25, -0.2) is 8.42 Å². The fourth-order valence-corrected chi connectivity index (χ4v) is 3.80. The van der Waals surface area contributed by atoms with Crippen LogP contribution >= 0.6 is 0 Å². The number of likely N-dealkylation sites (tertiary alicyclic amines) is 1. The lowest BCUT2D eigenvalue weighted by Gasteiger charge is -2.17. The maximum Gasteiger partial charge on any atom is 0.227 e. The van der Waals surface area contributed by atoms with Crippen LogP contribution in [-0.2, 0) is 19.4 Å². The van der Waals surface area contributed by atoms with E-state index in [0.717, 1.165) is 0 Å². The molecule has 15 heavy (non-hydrogen) atoms. The number of carbonyl (C=O) groups excluding carboxylic acids is 2. The number of hydrogen-bond donors (Lipinski definition) is 0. The van der Waals surface area contributed by atoms with Crippen LogP contribution in [0.5, 0.6) is 0 Å². The van der Waals surface area contributed by atoms with E-state index in [4.69, 9.17) is 0 Å². The second-order valence-corrected chi connectivity index (χ2v) is 6.38. The summed E-state index contributed by atoms with van der Waals surface area (Å²) in [5, 5.41) is 0. The number of amides is 1. The Hall–Kier alpha value is -0.910. The molecular weight excluding hydrogens is 218 g/mol. The molecule has 1 atom stereocenters. The minimum Gasteiger partial charge on any atom is -0.335 e. The fraction of sp³-hybridized carbons (Fsp3) is 0.778. The van der Waals surface area contributed by atoms with Crippen LogP contribution in [0.3, 0.4) is 0 Å². The molecule has 2 rings (SSSR count). The summed E-state index contributed by atoms with van der Waals surface area (Å²) < 4.78 is 22.4. The van der Waals surface area contributed by atoms with E-state index in [1.807, 2.05) is 0 Å². The van der Waals surface area contributed by atoms with Crippen LogP contribution in [0.15, 0.2) is 0 Å². The monoisotopic (exact) mass is 231 g/mol. The van der Waals surface area contributed by atoms with Gasteiger partial charge in [-0.1, -0.05) is 0 Å². The molecule has 1 unspecified atom stereocenters. The van der Waals surface area contributed by atoms with Crippen molar-refractivity contribution in [3.63, 3.8) is 0 Å². The molecule has 0 N–H and O–H groups in total. The van der Waals surface area contributed by atoms with Gasteiger partial charge < -0.3 is 4.90 Å². The molecule has 0 radical (unpaired) electrons. The molecule has 2 aliphatic heterocycles. The van der Waals surface area contributed by atoms with Gasteiger partial charge in [-0.15, -0.1) is 0 Å². The molecule has 2 heterocycles. The highest BCUT2D eigenvalue weighted by molar-refractivity contribution is 7.91. The molecule has 6 heteroatoms. The molecule has 1 amide bonds. The summed E-state index contributed by atoms with van der Waals surface area (Å²) in [7, 11) is -3.02. The SMILES string of the molecule is O=C1CCN(C(=O)C2CCS(=O)(=O)C2)C1. The maximum absolute atomic E-state index is 11.8. The maximum atomic E-state index is 11.8. The molecule has 0 bridgehead atoms. The Morgan fingerprint density at radius 2 is 2.13 bits per heavy atom. The van der Waals surface area contributed by atoms with Gasteiger partial charge in [0.05, 0.1) is 24.0 Å². The second-order valence-electron chi connectivity index (χ2n) is 4.15. The Labute approximate surface area is 88.4 Å². The normalized spacial score (nSPS) is 29.7. The Bertz CT molecular complexity index is 400. The number of hydrogen-bond acceptors (Lipinski definition) is 4. The predicted molar refractivity (Wildman–Crippen MR) is 53.0 cm³/mol. The molecule has 2 saturated heterocycles. The van der Waals surface area contributed by atoms with Crippen LogP contribution in [-0.4, -0.2) is 49.6 Å². The lowest BCUT2D eigenvalue weighted by atomic mass is 10.1. The Balaban J connectivity index is 2.01. The van der Waals surface area contributed by atoms with Crippen molar-refractivity contribution in [2.45, 2.75) is 12.8 Å². The van der Waals surface area contributed by atoms with Crippen molar-refractivity contribution < 1.29 is 18.0 Å². The lowest BCUT2D eigenvalue weighted by Crippen LogP contribution is -2.35. The average molecular weight is 231 g/mol. The molecule has 0 saturated carbocycles. The van der Waals surface area contributed by atoms with E-state index >= 15 is 0 Å². The van der Waals surface area contributed by atoms with Crippen LogP contribution in [0, 0.1) is 5.92 Å². The number of sulfone groups is 1. The molecule has 0 aromatic carbocycles. The highest BCUT2D eigenvalue weighted by atomic mass is 32.2. The van der Waals surface area contributed by atoms with Crippen molar-refractivity contribution in [2.75, 3.05) is 24.6 Å². The van der Waals surface area contributed by atoms with E-state index in [1.165, 1.54) is 4.90 Å². The number of Topliss-reactive ketones (excluding diaryl/α,β-unsaturated/α-hetero) is 1. The predicted octanol–water partition coefficient (Wildman–Crippen LogP) is -0.777. The molecule has 5 nitrogen and oxygen atoms in total. The van der Waals surface area contributed by atoms with E-state index in [0.29, 0.717) is 19.4 Å². The first-order valence-electron chi connectivity index (χ1n) is 4.99. The zero-order valence-corrected chi connectivity index (χ0v) is 9.12. The van der Waals surface area contributed by atoms with Crippen LogP contribution < -0.4 is 0 Å². The summed E-state index contributed by atoms with van der Waals surface area (Å²) in [6.45, 7) is 0.615. The summed E-state index contributed by atoms with van der Waals surface area (Å²) in [6, 6.07) is 0. The van der Waals surface area contributed by atoms with Crippen LogP contribution in [0.1, 0.15) is 12.8 Å². The quantitative estimate of drug-likeness (QED) is 0.593. The van der Waals surface area contributed by atoms with Gasteiger partial charge in [0.2, 0.25) is 5.91 Å². The second kappa shape index (κ2) is 3.59. The molecule has 2 fully saturated rings. The van der Waals surface area contributed by atoms with Gasteiger partial charge in [-0.2, -0.15) is 0 Å². The zero-order valence-electron chi connectivity index (χ0n) is 8.31. The molecular formula is C9H13NO4S. The first-order valence-corrected chi connectivity index (χ1v) is 6.81. The third-order valence-electron chi connectivity index (χ3n) is 2.92. The van der Waals surface area contributed by atoms with Crippen molar-refractivity contribution in [1.82, 2.24) is 4.90 Å². The van der Waals surface area contributed by atoms with E-state index in [1.54, 1.807) is 0 Å². The smallest absolute Gasteiger partial charge is 0.227 e. The summed E-state index contributed by atoms with van der Waals surface area (Å²) in [5.41, 5.74) is 0. The Morgan fingerprint density at radius 3 is 2.60 bits per heavy atom. The zero-order chi connectivity index (χ0) is 11.1. The summed E-state index contributed by atoms with van der Waals surface area (Å²) in [6.07, 6.45) is 0.817.